The van der Waals surface area contributed by atoms with Crippen LogP contribution < -0.4 is 0 Å². The third-order valence-electron chi connectivity index (χ3n) is 3.68. The lowest BCUT2D eigenvalue weighted by Gasteiger charge is -2.28. The molecule has 0 saturated carbocycles. The summed E-state index contributed by atoms with van der Waals surface area (Å²) in [5.41, 5.74) is 0.740. The second-order valence-corrected chi connectivity index (χ2v) is 13.6. The summed E-state index contributed by atoms with van der Waals surface area (Å²) in [6.07, 6.45) is -5.24. The van der Waals surface area contributed by atoms with Gasteiger partial charge in [-0.25, -0.2) is 0 Å². The maximum Gasteiger partial charge on any atom is 0.458 e. The lowest BCUT2D eigenvalue weighted by molar-refractivity contribution is -0.386. The van der Waals surface area contributed by atoms with Crippen molar-refractivity contribution in [2.75, 3.05) is 13.4 Å². The zero-order valence-corrected chi connectivity index (χ0v) is 16.9. The first-order valence-corrected chi connectivity index (χ1v) is 12.3. The fraction of sp³-hybridized carbons (Fsp3) is 0.562. The third kappa shape index (κ3) is 5.53. The smallest absolute Gasteiger partial charge is 0.356 e. The predicted molar refractivity (Wildman–Crippen MR) is 95.2 cm³/mol. The molecule has 0 N–H and O–H groups in total. The first kappa shape index (κ1) is 20.4. The Kier molecular flexibility index (Phi) is 6.34. The van der Waals surface area contributed by atoms with Gasteiger partial charge in [0.05, 0.1) is 12.1 Å². The molecule has 0 spiro atoms. The lowest BCUT2D eigenvalue weighted by Crippen LogP contribution is -2.48. The fourth-order valence-electron chi connectivity index (χ4n) is 2.10. The van der Waals surface area contributed by atoms with Crippen molar-refractivity contribution in [2.24, 2.45) is 5.16 Å². The Hall–Kier alpha value is -0.903. The van der Waals surface area contributed by atoms with Crippen molar-refractivity contribution >= 4 is 29.7 Å². The van der Waals surface area contributed by atoms with Gasteiger partial charge in [0, 0.05) is 19.2 Å². The molecule has 9 heteroatoms. The quantitative estimate of drug-likeness (QED) is 0.334. The summed E-state index contributed by atoms with van der Waals surface area (Å²) >= 11 is 3.28. The van der Waals surface area contributed by atoms with Crippen molar-refractivity contribution in [2.45, 2.75) is 44.1 Å². The highest BCUT2D eigenvalue weighted by Gasteiger charge is 2.63. The van der Waals surface area contributed by atoms with E-state index in [9.17, 15) is 13.2 Å². The van der Waals surface area contributed by atoms with Gasteiger partial charge in [-0.3, -0.25) is 0 Å². The van der Waals surface area contributed by atoms with E-state index in [1.165, 1.54) is 0 Å². The molecule has 1 unspecified atom stereocenters. The summed E-state index contributed by atoms with van der Waals surface area (Å²) in [4.78, 5) is 4.71. The molecule has 25 heavy (non-hydrogen) atoms. The van der Waals surface area contributed by atoms with E-state index in [2.05, 4.69) is 40.7 Å². The normalized spacial score (nSPS) is 21.2. The SMILES string of the molecule is C[Si](C)(C)CCOCOC1(C(F)(F)F)CC(c2ccc(Br)cc2)=NO1. The average molecular weight is 440 g/mol. The van der Waals surface area contributed by atoms with E-state index >= 15 is 0 Å². The van der Waals surface area contributed by atoms with Gasteiger partial charge in [-0.2, -0.15) is 13.2 Å². The van der Waals surface area contributed by atoms with E-state index in [1.807, 2.05) is 0 Å². The molecule has 0 amide bonds. The van der Waals surface area contributed by atoms with Crippen LogP contribution in [0.5, 0.6) is 0 Å². The molecular weight excluding hydrogens is 419 g/mol. The van der Waals surface area contributed by atoms with E-state index < -0.39 is 33.3 Å². The molecule has 2 rings (SSSR count). The number of rotatable bonds is 7. The van der Waals surface area contributed by atoms with Crippen molar-refractivity contribution in [3.05, 3.63) is 34.3 Å². The van der Waals surface area contributed by atoms with Gasteiger partial charge in [-0.1, -0.05) is 52.9 Å². The number of hydrogen-bond donors (Lipinski definition) is 0. The number of oxime groups is 1. The summed E-state index contributed by atoms with van der Waals surface area (Å²) in [6.45, 7) is 6.35. The van der Waals surface area contributed by atoms with Crippen LogP contribution in [0.3, 0.4) is 0 Å². The van der Waals surface area contributed by atoms with Gasteiger partial charge in [-0.05, 0) is 23.7 Å². The van der Waals surface area contributed by atoms with Gasteiger partial charge in [0.25, 0.3) is 0 Å². The maximum absolute atomic E-state index is 13.5. The van der Waals surface area contributed by atoms with Crippen LogP contribution >= 0.6 is 15.9 Å². The molecule has 0 saturated heterocycles. The van der Waals surface area contributed by atoms with E-state index in [1.54, 1.807) is 24.3 Å². The fourth-order valence-corrected chi connectivity index (χ4v) is 3.12. The van der Waals surface area contributed by atoms with Crippen LogP contribution in [0.15, 0.2) is 33.9 Å². The highest BCUT2D eigenvalue weighted by Crippen LogP contribution is 2.42. The molecule has 140 valence electrons. The molecule has 4 nitrogen and oxygen atoms in total. The number of ether oxygens (including phenoxy) is 2. The number of halogens is 4. The van der Waals surface area contributed by atoms with Crippen molar-refractivity contribution in [3.8, 4) is 0 Å². The molecule has 1 atom stereocenters. The zero-order valence-electron chi connectivity index (χ0n) is 14.3. The maximum atomic E-state index is 13.5. The van der Waals surface area contributed by atoms with Crippen LogP contribution in [0.2, 0.25) is 25.7 Å². The summed E-state index contributed by atoms with van der Waals surface area (Å²) in [5.74, 6) is -2.80. The van der Waals surface area contributed by atoms with E-state index in [0.717, 1.165) is 10.5 Å². The number of benzene rings is 1. The number of alkyl halides is 3. The van der Waals surface area contributed by atoms with Crippen molar-refractivity contribution in [1.82, 2.24) is 0 Å². The molecule has 1 aromatic carbocycles. The van der Waals surface area contributed by atoms with Crippen LogP contribution in [-0.4, -0.2) is 39.1 Å². The molecule has 0 fully saturated rings. The summed E-state index contributed by atoms with van der Waals surface area (Å²) in [6, 6.07) is 7.64. The van der Waals surface area contributed by atoms with Crippen molar-refractivity contribution in [1.29, 1.82) is 0 Å². The topological polar surface area (TPSA) is 40.0 Å². The second kappa shape index (κ2) is 7.77. The second-order valence-electron chi connectivity index (χ2n) is 7.04. The largest absolute Gasteiger partial charge is 0.458 e. The molecule has 1 aliphatic heterocycles. The van der Waals surface area contributed by atoms with Gasteiger partial charge in [0.1, 0.15) is 0 Å². The summed E-state index contributed by atoms with van der Waals surface area (Å²) in [5, 5.41) is 3.60. The minimum atomic E-state index is -4.73. The summed E-state index contributed by atoms with van der Waals surface area (Å²) < 4.78 is 51.5. The Morgan fingerprint density at radius 2 is 1.88 bits per heavy atom. The van der Waals surface area contributed by atoms with Gasteiger partial charge < -0.3 is 14.3 Å². The Labute approximate surface area is 154 Å². The molecule has 0 aromatic heterocycles. The third-order valence-corrected chi connectivity index (χ3v) is 5.92. The van der Waals surface area contributed by atoms with Crippen LogP contribution in [-0.2, 0) is 14.3 Å². The molecule has 0 aliphatic carbocycles. The molecule has 0 radical (unpaired) electrons. The standard InChI is InChI=1S/C16H21BrF3NO3Si/c1-25(2,3)9-8-22-11-23-15(16(18,19)20)10-14(21-24-15)12-4-6-13(17)7-5-12/h4-7H,8-11H2,1-3H3. The van der Waals surface area contributed by atoms with Crippen LogP contribution in [0.25, 0.3) is 0 Å². The zero-order chi connectivity index (χ0) is 18.7. The van der Waals surface area contributed by atoms with Gasteiger partial charge in [0.15, 0.2) is 6.79 Å². The Bertz CT molecular complexity index is 617. The van der Waals surface area contributed by atoms with E-state index in [4.69, 9.17) is 14.3 Å². The van der Waals surface area contributed by atoms with E-state index in [-0.39, 0.29) is 5.71 Å². The summed E-state index contributed by atoms with van der Waals surface area (Å²) in [7, 11) is -1.31. The first-order chi connectivity index (χ1) is 11.5. The van der Waals surface area contributed by atoms with Gasteiger partial charge in [0.2, 0.25) is 0 Å². The van der Waals surface area contributed by atoms with Crippen LogP contribution in [0.1, 0.15) is 12.0 Å². The highest BCUT2D eigenvalue weighted by atomic mass is 79.9. The predicted octanol–water partition coefficient (Wildman–Crippen LogP) is 5.16. The van der Waals surface area contributed by atoms with Crippen molar-refractivity contribution < 1.29 is 27.5 Å². The van der Waals surface area contributed by atoms with Gasteiger partial charge >= 0.3 is 12.0 Å². The number of hydrogen-bond acceptors (Lipinski definition) is 4. The minimum Gasteiger partial charge on any atom is -0.356 e. The lowest BCUT2D eigenvalue weighted by atomic mass is 10.0. The molecular formula is C16H21BrF3NO3Si. The van der Waals surface area contributed by atoms with Gasteiger partial charge in [-0.15, -0.1) is 0 Å². The molecule has 1 aromatic rings. The van der Waals surface area contributed by atoms with Crippen LogP contribution in [0, 0.1) is 0 Å². The first-order valence-electron chi connectivity index (χ1n) is 7.82. The Morgan fingerprint density at radius 3 is 2.44 bits per heavy atom. The Balaban J connectivity index is 1.98. The monoisotopic (exact) mass is 439 g/mol. The van der Waals surface area contributed by atoms with Crippen molar-refractivity contribution in [3.63, 3.8) is 0 Å². The molecule has 0 bridgehead atoms. The number of nitrogens with zero attached hydrogens (tertiary/aromatic N) is 1. The minimum absolute atomic E-state index is 0.187. The van der Waals surface area contributed by atoms with Crippen LogP contribution in [0.4, 0.5) is 13.2 Å². The molecule has 1 heterocycles. The molecule has 1 aliphatic rings. The highest BCUT2D eigenvalue weighted by molar-refractivity contribution is 9.10. The average Bonchev–Trinajstić information content (AvgIpc) is 2.92. The Morgan fingerprint density at radius 1 is 1.24 bits per heavy atom. The van der Waals surface area contributed by atoms with E-state index in [0.29, 0.717) is 12.2 Å².